The van der Waals surface area contributed by atoms with E-state index in [0.717, 1.165) is 31.2 Å². The molecule has 2 aromatic rings. The molecule has 1 atom stereocenters. The Morgan fingerprint density at radius 1 is 1.12 bits per heavy atom. The predicted octanol–water partition coefficient (Wildman–Crippen LogP) is 3.95. The number of amides is 1. The number of ether oxygens (including phenoxy) is 1. The molecule has 0 saturated carbocycles. The molecule has 7 nitrogen and oxygen atoms in total. The smallest absolute Gasteiger partial charge is 0.255 e. The van der Waals surface area contributed by atoms with Crippen molar-refractivity contribution in [3.8, 4) is 5.75 Å². The second kappa shape index (κ2) is 11.3. The molecular weight excluding hydrogens is 462 g/mol. The van der Waals surface area contributed by atoms with Crippen LogP contribution in [0.1, 0.15) is 47.6 Å². The van der Waals surface area contributed by atoms with Gasteiger partial charge in [0, 0.05) is 24.7 Å². The number of sulfonamides is 1. The molecule has 1 aliphatic heterocycles. The van der Waals surface area contributed by atoms with Gasteiger partial charge in [-0.2, -0.15) is 4.31 Å². The second-order valence-electron chi connectivity index (χ2n) is 8.39. The van der Waals surface area contributed by atoms with Crippen LogP contribution in [0.3, 0.4) is 0 Å². The van der Waals surface area contributed by atoms with Gasteiger partial charge in [0.1, 0.15) is 5.75 Å². The van der Waals surface area contributed by atoms with Crippen molar-refractivity contribution in [3.63, 3.8) is 0 Å². The maximum absolute atomic E-state index is 13.2. The lowest BCUT2D eigenvalue weighted by molar-refractivity contribution is 0.0938. The lowest BCUT2D eigenvalue weighted by Crippen LogP contribution is -2.35. The third kappa shape index (κ3) is 6.06. The highest BCUT2D eigenvalue weighted by Crippen LogP contribution is 2.28. The van der Waals surface area contributed by atoms with Crippen molar-refractivity contribution in [2.24, 2.45) is 0 Å². The van der Waals surface area contributed by atoms with Gasteiger partial charge >= 0.3 is 0 Å². The minimum atomic E-state index is -3.69. The van der Waals surface area contributed by atoms with Gasteiger partial charge in [-0.25, -0.2) is 8.42 Å². The van der Waals surface area contributed by atoms with Crippen LogP contribution in [0.2, 0.25) is 5.02 Å². The Bertz CT molecular complexity index is 1070. The van der Waals surface area contributed by atoms with Gasteiger partial charge < -0.3 is 15.0 Å². The molecule has 33 heavy (non-hydrogen) atoms. The van der Waals surface area contributed by atoms with Crippen molar-refractivity contribution in [1.82, 2.24) is 14.5 Å². The summed E-state index contributed by atoms with van der Waals surface area (Å²) in [6.07, 6.45) is 3.74. The Kier molecular flexibility index (Phi) is 8.75. The van der Waals surface area contributed by atoms with Crippen LogP contribution in [-0.2, 0) is 10.0 Å². The fourth-order valence-corrected chi connectivity index (χ4v) is 5.86. The zero-order chi connectivity index (χ0) is 24.0. The highest BCUT2D eigenvalue weighted by molar-refractivity contribution is 7.89. The van der Waals surface area contributed by atoms with Crippen LogP contribution in [-0.4, -0.2) is 64.4 Å². The molecule has 0 unspecified atom stereocenters. The average molecular weight is 494 g/mol. The fourth-order valence-electron chi connectivity index (χ4n) is 4.06. The van der Waals surface area contributed by atoms with Gasteiger partial charge in [-0.1, -0.05) is 42.6 Å². The molecule has 1 amide bonds. The van der Waals surface area contributed by atoms with Crippen molar-refractivity contribution in [2.45, 2.75) is 36.6 Å². The highest BCUT2D eigenvalue weighted by Gasteiger charge is 2.27. The summed E-state index contributed by atoms with van der Waals surface area (Å²) < 4.78 is 33.3. The number of likely N-dealkylation sites (N-methyl/N-ethyl adjacent to an activating group) is 1. The van der Waals surface area contributed by atoms with E-state index in [9.17, 15) is 13.2 Å². The first-order valence-electron chi connectivity index (χ1n) is 11.1. The number of carbonyl (C=O) groups excluding carboxylic acids is 1. The standard InChI is InChI=1S/C24H32ClN3O4S/c1-27(2)22(19-10-6-7-11-21(19)25)17-26-24(29)20-16-18(12-13-23(20)32-3)33(30,31)28-14-8-4-5-9-15-28/h6-7,10-13,16,22H,4-5,8-9,14-15,17H2,1-3H3,(H,26,29)/t22-/m0/s1. The van der Waals surface area contributed by atoms with Crippen molar-refractivity contribution in [3.05, 3.63) is 58.6 Å². The number of benzene rings is 2. The quantitative estimate of drug-likeness (QED) is 0.602. The molecule has 0 aliphatic carbocycles. The first-order valence-corrected chi connectivity index (χ1v) is 12.9. The third-order valence-electron chi connectivity index (χ3n) is 5.96. The molecule has 3 rings (SSSR count). The number of rotatable bonds is 8. The van der Waals surface area contributed by atoms with Crippen molar-refractivity contribution < 1.29 is 17.9 Å². The summed E-state index contributed by atoms with van der Waals surface area (Å²) in [5.41, 5.74) is 1.08. The second-order valence-corrected chi connectivity index (χ2v) is 10.7. The lowest BCUT2D eigenvalue weighted by Gasteiger charge is -2.26. The first kappa shape index (κ1) is 25.5. The first-order chi connectivity index (χ1) is 15.8. The summed E-state index contributed by atoms with van der Waals surface area (Å²) in [4.78, 5) is 15.2. The Hall–Kier alpha value is -2.13. The molecule has 0 radical (unpaired) electrons. The number of hydrogen-bond donors (Lipinski definition) is 1. The highest BCUT2D eigenvalue weighted by atomic mass is 35.5. The molecule has 1 N–H and O–H groups in total. The van der Waals surface area contributed by atoms with Gasteiger partial charge in [-0.05, 0) is 56.8 Å². The predicted molar refractivity (Wildman–Crippen MR) is 130 cm³/mol. The Balaban J connectivity index is 1.84. The maximum Gasteiger partial charge on any atom is 0.255 e. The summed E-state index contributed by atoms with van der Waals surface area (Å²) in [6, 6.07) is 11.8. The number of nitrogens with zero attached hydrogens (tertiary/aromatic N) is 2. The van der Waals surface area contributed by atoms with Gasteiger partial charge in [0.05, 0.1) is 23.6 Å². The summed E-state index contributed by atoms with van der Waals surface area (Å²) >= 11 is 6.37. The SMILES string of the molecule is COc1ccc(S(=O)(=O)N2CCCCCC2)cc1C(=O)NC[C@@H](c1ccccc1Cl)N(C)C. The molecule has 0 spiro atoms. The van der Waals surface area contributed by atoms with Gasteiger partial charge in [0.15, 0.2) is 0 Å². The van der Waals surface area contributed by atoms with E-state index in [1.807, 2.05) is 43.3 Å². The van der Waals surface area contributed by atoms with E-state index in [4.69, 9.17) is 16.3 Å². The van der Waals surface area contributed by atoms with Crippen LogP contribution in [0, 0.1) is 0 Å². The largest absolute Gasteiger partial charge is 0.496 e. The van der Waals surface area contributed by atoms with Crippen LogP contribution >= 0.6 is 11.6 Å². The zero-order valence-corrected chi connectivity index (χ0v) is 21.0. The number of carbonyl (C=O) groups is 1. The summed E-state index contributed by atoms with van der Waals surface area (Å²) in [6.45, 7) is 1.29. The Morgan fingerprint density at radius 3 is 2.39 bits per heavy atom. The number of methoxy groups -OCH3 is 1. The van der Waals surface area contributed by atoms with Crippen molar-refractivity contribution in [2.75, 3.05) is 40.8 Å². The third-order valence-corrected chi connectivity index (χ3v) is 8.20. The van der Waals surface area contributed by atoms with Crippen LogP contribution in [0.5, 0.6) is 5.75 Å². The maximum atomic E-state index is 13.2. The fraction of sp³-hybridized carbons (Fsp3) is 0.458. The summed E-state index contributed by atoms with van der Waals surface area (Å²) in [5, 5.41) is 3.54. The van der Waals surface area contributed by atoms with E-state index in [-0.39, 0.29) is 16.5 Å². The van der Waals surface area contributed by atoms with Crippen LogP contribution in [0.15, 0.2) is 47.4 Å². The van der Waals surface area contributed by atoms with Crippen LogP contribution in [0.4, 0.5) is 0 Å². The van der Waals surface area contributed by atoms with E-state index in [0.29, 0.717) is 30.4 Å². The van der Waals surface area contributed by atoms with Gasteiger partial charge in [0.2, 0.25) is 10.0 Å². The average Bonchev–Trinajstić information content (AvgIpc) is 3.10. The van der Waals surface area contributed by atoms with E-state index < -0.39 is 15.9 Å². The van der Waals surface area contributed by atoms with E-state index in [2.05, 4.69) is 5.32 Å². The van der Waals surface area contributed by atoms with Crippen LogP contribution in [0.25, 0.3) is 0 Å². The molecule has 1 saturated heterocycles. The number of nitrogens with one attached hydrogen (secondary N) is 1. The van der Waals surface area contributed by atoms with Crippen molar-refractivity contribution in [1.29, 1.82) is 0 Å². The number of halogens is 1. The van der Waals surface area contributed by atoms with Gasteiger partial charge in [-0.15, -0.1) is 0 Å². The molecule has 1 fully saturated rings. The summed E-state index contributed by atoms with van der Waals surface area (Å²) in [7, 11) is 1.60. The molecule has 0 bridgehead atoms. The van der Waals surface area contributed by atoms with Crippen molar-refractivity contribution >= 4 is 27.5 Å². The minimum Gasteiger partial charge on any atom is -0.496 e. The molecule has 1 heterocycles. The van der Waals surface area contributed by atoms with Gasteiger partial charge in [0.25, 0.3) is 5.91 Å². The topological polar surface area (TPSA) is 79.0 Å². The number of hydrogen-bond acceptors (Lipinski definition) is 5. The molecule has 180 valence electrons. The lowest BCUT2D eigenvalue weighted by atomic mass is 10.1. The minimum absolute atomic E-state index is 0.102. The molecule has 2 aromatic carbocycles. The molecule has 1 aliphatic rings. The summed E-state index contributed by atoms with van der Waals surface area (Å²) in [5.74, 6) is -0.0832. The molecule has 0 aromatic heterocycles. The Morgan fingerprint density at radius 2 is 1.79 bits per heavy atom. The van der Waals surface area contributed by atoms with E-state index in [1.165, 1.54) is 29.6 Å². The molecular formula is C24H32ClN3O4S. The Labute approximate surface area is 201 Å². The van der Waals surface area contributed by atoms with Crippen LogP contribution < -0.4 is 10.1 Å². The van der Waals surface area contributed by atoms with E-state index in [1.54, 1.807) is 0 Å². The van der Waals surface area contributed by atoms with E-state index >= 15 is 0 Å². The zero-order valence-electron chi connectivity index (χ0n) is 19.4. The normalized spacial score (nSPS) is 16.3. The monoisotopic (exact) mass is 493 g/mol. The molecule has 9 heteroatoms. The van der Waals surface area contributed by atoms with Gasteiger partial charge in [-0.3, -0.25) is 4.79 Å².